The van der Waals surface area contributed by atoms with E-state index >= 15 is 0 Å². The maximum absolute atomic E-state index is 14.4. The van der Waals surface area contributed by atoms with E-state index in [0.29, 0.717) is 44.3 Å². The topological polar surface area (TPSA) is 454 Å². The summed E-state index contributed by atoms with van der Waals surface area (Å²) in [6.45, 7) is 8.99. The summed E-state index contributed by atoms with van der Waals surface area (Å²) in [5.74, 6) is -6.31. The molecule has 0 aliphatic rings. The number of hydrogen-bond acceptors (Lipinski definition) is 21. The molecule has 0 unspecified atom stereocenters. The highest BCUT2D eigenvalue weighted by Gasteiger charge is 2.34. The monoisotopic (exact) mass is 1260 g/mol. The number of phenolic OH excluding ortho intramolecular Hbond substituents is 1. The summed E-state index contributed by atoms with van der Waals surface area (Å²) in [5, 5.41) is 48.8. The van der Waals surface area contributed by atoms with Gasteiger partial charge in [0.25, 0.3) is 11.8 Å². The molecule has 0 saturated carbocycles. The number of nitrogens with two attached hydrogens (primary N) is 5. The number of thiazole rings is 2. The summed E-state index contributed by atoms with van der Waals surface area (Å²) >= 11 is 9.07. The van der Waals surface area contributed by atoms with Gasteiger partial charge in [-0.25, -0.2) is 19.9 Å². The largest absolute Gasteiger partial charge is 0.508 e. The minimum atomic E-state index is -1.54. The Morgan fingerprint density at radius 3 is 2.16 bits per heavy atom. The number of amides is 7. The molecule has 2 aromatic carbocycles. The molecule has 0 fully saturated rings. The zero-order valence-electron chi connectivity index (χ0n) is 48.8. The van der Waals surface area contributed by atoms with Gasteiger partial charge in [0.05, 0.1) is 35.2 Å². The van der Waals surface area contributed by atoms with Crippen LogP contribution in [0.5, 0.6) is 5.75 Å². The summed E-state index contributed by atoms with van der Waals surface area (Å²) in [7, 11) is 0. The zero-order valence-corrected chi connectivity index (χ0v) is 51.1. The van der Waals surface area contributed by atoms with Gasteiger partial charge in [0.2, 0.25) is 29.5 Å². The highest BCUT2D eigenvalue weighted by Crippen LogP contribution is 2.35. The molecule has 470 valence electrons. The number of nitrogens with zero attached hydrogens (tertiary/aromatic N) is 4. The van der Waals surface area contributed by atoms with E-state index in [-0.39, 0.29) is 79.0 Å². The fraction of sp³-hybridized carbons (Fsp3) is 0.456. The van der Waals surface area contributed by atoms with Crippen molar-refractivity contribution >= 4 is 92.3 Å². The number of rotatable bonds is 37. The first kappa shape index (κ1) is 68.4. The lowest BCUT2D eigenvalue weighted by molar-refractivity contribution is -0.134. The van der Waals surface area contributed by atoms with Crippen LogP contribution in [-0.2, 0) is 43.2 Å². The number of nitrogen functional groups attached to an aromatic ring is 1. The van der Waals surface area contributed by atoms with Crippen molar-refractivity contribution in [3.8, 4) is 16.5 Å². The Balaban J connectivity index is 1.07. The van der Waals surface area contributed by atoms with Crippen LogP contribution in [0.25, 0.3) is 21.6 Å². The maximum Gasteiger partial charge on any atom is 0.271 e. The Labute approximate surface area is 516 Å². The van der Waals surface area contributed by atoms with Crippen molar-refractivity contribution in [1.29, 1.82) is 0 Å². The molecule has 0 spiro atoms. The number of carbonyl (C=O) groups excluding carboxylic acids is 7. The number of phenols is 1. The van der Waals surface area contributed by atoms with Gasteiger partial charge in [0.15, 0.2) is 0 Å². The van der Waals surface area contributed by atoms with E-state index in [1.54, 1.807) is 23.7 Å². The van der Waals surface area contributed by atoms with E-state index in [4.69, 9.17) is 40.3 Å². The molecule has 0 bridgehead atoms. The Morgan fingerprint density at radius 1 is 0.770 bits per heavy atom. The number of aliphatic hydroxyl groups excluding tert-OH is 1. The third kappa shape index (κ3) is 20.7. The summed E-state index contributed by atoms with van der Waals surface area (Å²) in [5.41, 5.74) is 31.0. The van der Waals surface area contributed by atoms with Crippen LogP contribution in [0.15, 0.2) is 60.1 Å². The van der Waals surface area contributed by atoms with Gasteiger partial charge in [0, 0.05) is 73.4 Å². The second kappa shape index (κ2) is 34.0. The van der Waals surface area contributed by atoms with Gasteiger partial charge in [-0.2, -0.15) is 0 Å². The number of unbranched alkanes of at least 4 members (excludes halogenated alkanes) is 1. The normalized spacial score (nSPS) is 13.8. The van der Waals surface area contributed by atoms with E-state index in [0.717, 1.165) is 62.8 Å². The number of nitrogens with one attached hydrogen (secondary N) is 9. The summed E-state index contributed by atoms with van der Waals surface area (Å²) < 4.78 is 0.353. The van der Waals surface area contributed by atoms with Crippen LogP contribution in [0.4, 0.5) is 5.82 Å². The molecule has 27 nitrogen and oxygen atoms in total. The highest BCUT2D eigenvalue weighted by molar-refractivity contribution is 7.17. The number of aliphatic hydroxyl groups is 1. The van der Waals surface area contributed by atoms with Crippen molar-refractivity contribution in [1.82, 2.24) is 67.5 Å². The number of para-hydroxylation sites is 1. The van der Waals surface area contributed by atoms with Gasteiger partial charge < -0.3 is 86.4 Å². The first-order chi connectivity index (χ1) is 41.6. The molecule has 0 aliphatic carbocycles. The maximum atomic E-state index is 14.4. The third-order valence-corrected chi connectivity index (χ3v) is 16.3. The van der Waals surface area contributed by atoms with E-state index in [1.807, 2.05) is 24.3 Å². The number of aromatic hydroxyl groups is 1. The lowest BCUT2D eigenvalue weighted by Gasteiger charge is -2.28. The van der Waals surface area contributed by atoms with Gasteiger partial charge >= 0.3 is 0 Å². The zero-order chi connectivity index (χ0) is 63.2. The number of aromatic amines is 1. The van der Waals surface area contributed by atoms with E-state index in [9.17, 15) is 43.8 Å². The molecule has 30 heteroatoms. The van der Waals surface area contributed by atoms with Crippen LogP contribution in [-0.4, -0.2) is 159 Å². The molecule has 87 heavy (non-hydrogen) atoms. The predicted octanol–water partition coefficient (Wildman–Crippen LogP) is 0.464. The molecule has 4 aromatic heterocycles. The lowest BCUT2D eigenvalue weighted by Crippen LogP contribution is -2.56. The minimum absolute atomic E-state index is 0.00530. The number of benzene rings is 2. The molecule has 0 radical (unpaired) electrons. The average Bonchev–Trinajstić information content (AvgIpc) is 3.80. The number of anilines is 1. The summed E-state index contributed by atoms with van der Waals surface area (Å²) in [6.07, 6.45) is 3.77. The van der Waals surface area contributed by atoms with Crippen molar-refractivity contribution in [3.63, 3.8) is 0 Å². The van der Waals surface area contributed by atoms with Crippen molar-refractivity contribution in [2.45, 2.75) is 108 Å². The fourth-order valence-corrected chi connectivity index (χ4v) is 11.2. The number of carbonyl (C=O) groups is 7. The molecule has 6 aromatic rings. The van der Waals surface area contributed by atoms with Crippen molar-refractivity contribution in [2.24, 2.45) is 28.9 Å². The molecular formula is C57H79ClN18O9S2. The number of H-pyrrole nitrogens is 1. The standard InChI is InChI=1S/C57H79ClN18O9S2/c1-30-45(75-51(76-49(30)62)39(26-43(61)78)69-28-37(60)50(63)80)56(85)72-41(25-34-27-68-38-11-5-4-10-36(34)38)55(84)70-32(3)47(79)31(2)52(81)71-40(24-33-12-14-35(77)15-13-33)53(82)67-23-16-44-74-46(48(58)87-44)57-73-42(29-86-57)54(83)66-22-9-21-65-19-7-6-18-64-20-8-17-59/h4-5,10-15,27,29,31-32,37,39-41,47,64-65,68-69,77,79H,6-9,16-26,28,59-60H2,1-3H3,(H2,61,78)(H2,63,80)(H,66,83)(H,67,82)(H,70,84)(H,71,81)(H,72,85)(H2,62,75,76)/t31-,32+,37-,39-,40-,41-,47-/m0/s1. The first-order valence-electron chi connectivity index (χ1n) is 28.6. The number of halogens is 1. The lowest BCUT2D eigenvalue weighted by atomic mass is 9.96. The number of primary amides is 2. The van der Waals surface area contributed by atoms with Crippen LogP contribution in [0.2, 0.25) is 4.34 Å². The summed E-state index contributed by atoms with van der Waals surface area (Å²) in [6, 6.07) is 7.56. The van der Waals surface area contributed by atoms with Gasteiger partial charge in [-0.05, 0) is 102 Å². The third-order valence-electron chi connectivity index (χ3n) is 14.2. The van der Waals surface area contributed by atoms with E-state index in [2.05, 4.69) is 67.5 Å². The second-order valence-electron chi connectivity index (χ2n) is 20.9. The Morgan fingerprint density at radius 2 is 1.46 bits per heavy atom. The van der Waals surface area contributed by atoms with E-state index < -0.39 is 77.7 Å². The van der Waals surface area contributed by atoms with Gasteiger partial charge in [-0.3, -0.25) is 33.6 Å². The van der Waals surface area contributed by atoms with Crippen molar-refractivity contribution in [3.05, 3.63) is 103 Å². The van der Waals surface area contributed by atoms with Gasteiger partial charge in [-0.15, -0.1) is 22.7 Å². The molecule has 21 N–H and O–H groups in total. The first-order valence-corrected chi connectivity index (χ1v) is 30.6. The smallest absolute Gasteiger partial charge is 0.271 e. The van der Waals surface area contributed by atoms with E-state index in [1.165, 1.54) is 55.6 Å². The molecule has 6 rings (SSSR count). The Bertz CT molecular complexity index is 3290. The Hall–Kier alpha value is -7.74. The Kier molecular flexibility index (Phi) is 26.7. The van der Waals surface area contributed by atoms with Crippen LogP contribution in [0, 0.1) is 12.8 Å². The number of fused-ring (bicyclic) bond motifs is 1. The average molecular weight is 1260 g/mol. The van der Waals surface area contributed by atoms with Crippen LogP contribution in [0.1, 0.15) is 100 Å². The molecule has 7 atom stereocenters. The fourth-order valence-electron chi connectivity index (χ4n) is 9.06. The number of hydrogen-bond donors (Lipinski definition) is 16. The molecule has 4 heterocycles. The SMILES string of the molecule is Cc1c(N)nc([C@H](CC(N)=O)NC[C@H](N)C(N)=O)nc1C(=O)N[C@@H](Cc1c[nH]c2ccccc12)C(=O)N[C@H](C)[C@@H](O)[C@H](C)C(=O)N[C@@H](Cc1ccc(O)cc1)C(=O)NCCc1nc(-c2nc(C(=O)NCCCNCCCCNCCCN)cs2)c(Cl)s1. The van der Waals surface area contributed by atoms with Gasteiger partial charge in [-0.1, -0.05) is 48.9 Å². The minimum Gasteiger partial charge on any atom is -0.508 e. The highest BCUT2D eigenvalue weighted by atomic mass is 35.5. The molecule has 7 amide bonds. The summed E-state index contributed by atoms with van der Waals surface area (Å²) in [4.78, 5) is 114. The molecule has 0 aliphatic heterocycles. The molecular weight excluding hydrogens is 1180 g/mol. The van der Waals surface area contributed by atoms with Gasteiger partial charge in [0.1, 0.15) is 55.9 Å². The van der Waals surface area contributed by atoms with Crippen molar-refractivity contribution < 1.29 is 43.8 Å². The predicted molar refractivity (Wildman–Crippen MR) is 333 cm³/mol. The second-order valence-corrected chi connectivity index (χ2v) is 23.5. The van der Waals surface area contributed by atoms with Crippen molar-refractivity contribution in [2.75, 3.05) is 58.1 Å². The number of aromatic nitrogens is 5. The molecule has 0 saturated heterocycles. The quantitative estimate of drug-likeness (QED) is 0.0236. The van der Waals surface area contributed by atoms with Crippen LogP contribution < -0.4 is 71.2 Å². The van der Waals surface area contributed by atoms with Crippen LogP contribution >= 0.6 is 34.3 Å². The van der Waals surface area contributed by atoms with Crippen LogP contribution in [0.3, 0.4) is 0 Å².